The Kier molecular flexibility index (Phi) is 5.75. The standard InChI is InChI=1S/C20H20BrFN4O3/c21-14-3-1-4-16(8-14)26-11-13(7-18(26)27)19(28)25-6-2-5-17(12-25)29-20-23-9-15(22)10-24-20/h1,3-4,8-10,13,17H,2,5-7,11-12H2. The van der Waals surface area contributed by atoms with Gasteiger partial charge in [-0.05, 0) is 31.0 Å². The molecule has 2 fully saturated rings. The van der Waals surface area contributed by atoms with E-state index in [4.69, 9.17) is 4.74 Å². The fourth-order valence-electron chi connectivity index (χ4n) is 3.77. The molecule has 3 heterocycles. The maximum Gasteiger partial charge on any atom is 0.316 e. The molecule has 2 aliphatic rings. The zero-order chi connectivity index (χ0) is 20.4. The van der Waals surface area contributed by atoms with Crippen molar-refractivity contribution in [3.8, 4) is 6.01 Å². The molecule has 2 atom stereocenters. The lowest BCUT2D eigenvalue weighted by Gasteiger charge is -2.33. The maximum atomic E-state index is 13.0. The predicted octanol–water partition coefficient (Wildman–Crippen LogP) is 2.80. The molecule has 0 saturated carbocycles. The summed E-state index contributed by atoms with van der Waals surface area (Å²) >= 11 is 3.42. The first-order valence-electron chi connectivity index (χ1n) is 9.48. The van der Waals surface area contributed by atoms with E-state index >= 15 is 0 Å². The van der Waals surface area contributed by atoms with Crippen molar-refractivity contribution in [2.45, 2.75) is 25.4 Å². The summed E-state index contributed by atoms with van der Waals surface area (Å²) in [5, 5.41) is 0. The third-order valence-electron chi connectivity index (χ3n) is 5.15. The monoisotopic (exact) mass is 462 g/mol. The van der Waals surface area contributed by atoms with Gasteiger partial charge in [0.05, 0.1) is 24.9 Å². The minimum atomic E-state index is -0.529. The lowest BCUT2D eigenvalue weighted by Crippen LogP contribution is -2.47. The fraction of sp³-hybridized carbons (Fsp3) is 0.400. The summed E-state index contributed by atoms with van der Waals surface area (Å²) in [6.07, 6.45) is 3.60. The van der Waals surface area contributed by atoms with Gasteiger partial charge in [0.15, 0.2) is 5.82 Å². The molecule has 2 aromatic rings. The van der Waals surface area contributed by atoms with E-state index in [1.54, 1.807) is 9.80 Å². The van der Waals surface area contributed by atoms with Crippen LogP contribution in [-0.2, 0) is 9.59 Å². The molecule has 152 valence electrons. The van der Waals surface area contributed by atoms with Crippen molar-refractivity contribution in [2.75, 3.05) is 24.5 Å². The maximum absolute atomic E-state index is 13.0. The highest BCUT2D eigenvalue weighted by atomic mass is 79.9. The Labute approximate surface area is 176 Å². The summed E-state index contributed by atoms with van der Waals surface area (Å²) in [5.74, 6) is -0.990. The number of hydrogen-bond acceptors (Lipinski definition) is 5. The number of piperidine rings is 1. The number of rotatable bonds is 4. The van der Waals surface area contributed by atoms with Crippen molar-refractivity contribution in [3.05, 3.63) is 46.9 Å². The number of carbonyl (C=O) groups excluding carboxylic acids is 2. The Morgan fingerprint density at radius 1 is 1.24 bits per heavy atom. The minimum absolute atomic E-state index is 0.0378. The molecule has 2 aliphatic heterocycles. The van der Waals surface area contributed by atoms with Crippen LogP contribution in [0.2, 0.25) is 0 Å². The average Bonchev–Trinajstić information content (AvgIpc) is 3.11. The minimum Gasteiger partial charge on any atom is -0.458 e. The highest BCUT2D eigenvalue weighted by molar-refractivity contribution is 9.10. The molecule has 0 aliphatic carbocycles. The van der Waals surface area contributed by atoms with E-state index in [1.807, 2.05) is 24.3 Å². The van der Waals surface area contributed by atoms with Crippen LogP contribution >= 0.6 is 15.9 Å². The van der Waals surface area contributed by atoms with Gasteiger partial charge in [-0.1, -0.05) is 22.0 Å². The molecule has 0 bridgehead atoms. The molecule has 29 heavy (non-hydrogen) atoms. The molecule has 0 spiro atoms. The van der Waals surface area contributed by atoms with Gasteiger partial charge in [-0.2, -0.15) is 0 Å². The lowest BCUT2D eigenvalue weighted by atomic mass is 10.0. The molecular formula is C20H20BrFN4O3. The molecule has 2 saturated heterocycles. The molecule has 7 nitrogen and oxygen atoms in total. The Morgan fingerprint density at radius 3 is 2.79 bits per heavy atom. The van der Waals surface area contributed by atoms with Crippen molar-refractivity contribution < 1.29 is 18.7 Å². The third-order valence-corrected chi connectivity index (χ3v) is 5.65. The van der Waals surface area contributed by atoms with Crippen LogP contribution in [0.1, 0.15) is 19.3 Å². The zero-order valence-corrected chi connectivity index (χ0v) is 17.2. The number of halogens is 2. The van der Waals surface area contributed by atoms with E-state index in [-0.39, 0.29) is 36.3 Å². The van der Waals surface area contributed by atoms with Gasteiger partial charge >= 0.3 is 6.01 Å². The van der Waals surface area contributed by atoms with Crippen LogP contribution in [0, 0.1) is 11.7 Å². The molecule has 0 radical (unpaired) electrons. The predicted molar refractivity (Wildman–Crippen MR) is 107 cm³/mol. The molecule has 2 unspecified atom stereocenters. The fourth-order valence-corrected chi connectivity index (χ4v) is 4.16. The van der Waals surface area contributed by atoms with E-state index in [0.717, 1.165) is 35.4 Å². The van der Waals surface area contributed by atoms with Gasteiger partial charge in [-0.3, -0.25) is 9.59 Å². The number of anilines is 1. The second-order valence-corrected chi connectivity index (χ2v) is 8.15. The van der Waals surface area contributed by atoms with E-state index in [2.05, 4.69) is 25.9 Å². The molecule has 1 aromatic heterocycles. The van der Waals surface area contributed by atoms with Crippen LogP contribution < -0.4 is 9.64 Å². The van der Waals surface area contributed by atoms with Gasteiger partial charge in [0.1, 0.15) is 6.10 Å². The van der Waals surface area contributed by atoms with Crippen LogP contribution in [0.5, 0.6) is 6.01 Å². The topological polar surface area (TPSA) is 75.6 Å². The van der Waals surface area contributed by atoms with Crippen LogP contribution in [0.25, 0.3) is 0 Å². The zero-order valence-electron chi connectivity index (χ0n) is 15.6. The van der Waals surface area contributed by atoms with E-state index < -0.39 is 5.82 Å². The highest BCUT2D eigenvalue weighted by Gasteiger charge is 2.38. The largest absolute Gasteiger partial charge is 0.458 e. The van der Waals surface area contributed by atoms with E-state index in [0.29, 0.717) is 19.6 Å². The summed E-state index contributed by atoms with van der Waals surface area (Å²) in [7, 11) is 0. The van der Waals surface area contributed by atoms with Gasteiger partial charge in [0.2, 0.25) is 11.8 Å². The van der Waals surface area contributed by atoms with Crippen molar-refractivity contribution in [1.82, 2.24) is 14.9 Å². The summed E-state index contributed by atoms with van der Waals surface area (Å²) in [6, 6.07) is 7.60. The third kappa shape index (κ3) is 4.55. The number of benzene rings is 1. The average molecular weight is 463 g/mol. The van der Waals surface area contributed by atoms with Gasteiger partial charge < -0.3 is 14.5 Å². The van der Waals surface area contributed by atoms with Crippen molar-refractivity contribution in [2.24, 2.45) is 5.92 Å². The Morgan fingerprint density at radius 2 is 2.03 bits per heavy atom. The van der Waals surface area contributed by atoms with E-state index in [9.17, 15) is 14.0 Å². The number of carbonyl (C=O) groups is 2. The van der Waals surface area contributed by atoms with Gasteiger partial charge in [-0.25, -0.2) is 14.4 Å². The molecular weight excluding hydrogens is 443 g/mol. The Bertz CT molecular complexity index is 911. The number of amides is 2. The number of likely N-dealkylation sites (tertiary alicyclic amines) is 1. The van der Waals surface area contributed by atoms with Gasteiger partial charge in [0, 0.05) is 29.7 Å². The highest BCUT2D eigenvalue weighted by Crippen LogP contribution is 2.29. The Balaban J connectivity index is 1.38. The quantitative estimate of drug-likeness (QED) is 0.698. The van der Waals surface area contributed by atoms with Crippen LogP contribution in [0.3, 0.4) is 0 Å². The van der Waals surface area contributed by atoms with Crippen LogP contribution in [0.4, 0.5) is 10.1 Å². The molecule has 9 heteroatoms. The van der Waals surface area contributed by atoms with Crippen molar-refractivity contribution in [3.63, 3.8) is 0 Å². The molecule has 2 amide bonds. The van der Waals surface area contributed by atoms with Gasteiger partial charge in [0.25, 0.3) is 0 Å². The summed E-state index contributed by atoms with van der Waals surface area (Å²) in [6.45, 7) is 1.41. The van der Waals surface area contributed by atoms with Crippen molar-refractivity contribution in [1.29, 1.82) is 0 Å². The Hall–Kier alpha value is -2.55. The van der Waals surface area contributed by atoms with E-state index in [1.165, 1.54) is 0 Å². The number of hydrogen-bond donors (Lipinski definition) is 0. The molecule has 4 rings (SSSR count). The van der Waals surface area contributed by atoms with Crippen molar-refractivity contribution >= 4 is 33.4 Å². The van der Waals surface area contributed by atoms with Crippen LogP contribution in [0.15, 0.2) is 41.1 Å². The second-order valence-electron chi connectivity index (χ2n) is 7.24. The summed E-state index contributed by atoms with van der Waals surface area (Å²) < 4.78 is 19.5. The number of aromatic nitrogens is 2. The first-order chi connectivity index (χ1) is 14.0. The first kappa shape index (κ1) is 19.8. The second kappa shape index (κ2) is 8.44. The number of ether oxygens (including phenoxy) is 1. The summed E-state index contributed by atoms with van der Waals surface area (Å²) in [5.41, 5.74) is 0.785. The van der Waals surface area contributed by atoms with Crippen LogP contribution in [-0.4, -0.2) is 52.4 Å². The lowest BCUT2D eigenvalue weighted by molar-refractivity contribution is -0.138. The smallest absolute Gasteiger partial charge is 0.316 e. The molecule has 0 N–H and O–H groups in total. The summed E-state index contributed by atoms with van der Waals surface area (Å²) in [4.78, 5) is 36.6. The SMILES string of the molecule is O=C(C1CC(=O)N(c2cccc(Br)c2)C1)N1CCCC(Oc2ncc(F)cn2)C1. The first-order valence-corrected chi connectivity index (χ1v) is 10.3. The normalized spacial score (nSPS) is 22.1. The van der Waals surface area contributed by atoms with Gasteiger partial charge in [-0.15, -0.1) is 0 Å². The number of nitrogens with zero attached hydrogens (tertiary/aromatic N) is 4. The molecule has 1 aromatic carbocycles.